The Balaban J connectivity index is 1.74. The summed E-state index contributed by atoms with van der Waals surface area (Å²) in [6.07, 6.45) is 3.25. The third-order valence-electron chi connectivity index (χ3n) is 4.02. The number of hydrogen-bond acceptors (Lipinski definition) is 3. The number of carbonyl (C=O) groups is 1. The van der Waals surface area contributed by atoms with Crippen molar-refractivity contribution in [3.63, 3.8) is 0 Å². The van der Waals surface area contributed by atoms with Crippen molar-refractivity contribution in [1.82, 2.24) is 14.6 Å². The molecule has 0 fully saturated rings. The van der Waals surface area contributed by atoms with E-state index in [-0.39, 0.29) is 5.91 Å². The monoisotopic (exact) mass is 328 g/mol. The van der Waals surface area contributed by atoms with Crippen LogP contribution in [0.1, 0.15) is 15.9 Å². The van der Waals surface area contributed by atoms with Gasteiger partial charge in [-0.15, -0.1) is 0 Å². The maximum Gasteiger partial charge on any atom is 0.261 e. The van der Waals surface area contributed by atoms with Crippen LogP contribution in [0.2, 0.25) is 0 Å². The highest BCUT2D eigenvalue weighted by atomic mass is 16.1. The van der Waals surface area contributed by atoms with E-state index in [0.717, 1.165) is 16.9 Å². The van der Waals surface area contributed by atoms with Gasteiger partial charge in [-0.05, 0) is 25.1 Å². The van der Waals surface area contributed by atoms with Crippen molar-refractivity contribution in [3.05, 3.63) is 84.2 Å². The first kappa shape index (κ1) is 15.1. The van der Waals surface area contributed by atoms with E-state index in [2.05, 4.69) is 15.4 Å². The molecule has 5 nitrogen and oxygen atoms in total. The Labute approximate surface area is 145 Å². The lowest BCUT2D eigenvalue weighted by molar-refractivity contribution is 0.102. The van der Waals surface area contributed by atoms with Gasteiger partial charge in [0.15, 0.2) is 5.65 Å². The lowest BCUT2D eigenvalue weighted by Gasteiger charge is -2.06. The second kappa shape index (κ2) is 6.20. The van der Waals surface area contributed by atoms with Crippen LogP contribution in [0.25, 0.3) is 16.9 Å². The summed E-state index contributed by atoms with van der Waals surface area (Å²) in [5.74, 6) is -0.227. The molecule has 0 spiro atoms. The molecule has 0 saturated heterocycles. The van der Waals surface area contributed by atoms with E-state index in [1.807, 2.05) is 67.6 Å². The molecule has 1 amide bonds. The predicted molar refractivity (Wildman–Crippen MR) is 97.6 cm³/mol. The summed E-state index contributed by atoms with van der Waals surface area (Å²) in [5, 5.41) is 7.24. The zero-order valence-electron chi connectivity index (χ0n) is 13.7. The maximum atomic E-state index is 12.6. The first-order chi connectivity index (χ1) is 12.2. The average Bonchev–Trinajstić information content (AvgIpc) is 3.07. The minimum absolute atomic E-state index is 0.227. The maximum absolute atomic E-state index is 12.6. The fourth-order valence-corrected chi connectivity index (χ4v) is 2.71. The lowest BCUT2D eigenvalue weighted by atomic mass is 10.1. The van der Waals surface area contributed by atoms with E-state index in [1.165, 1.54) is 5.56 Å². The molecular weight excluding hydrogens is 312 g/mol. The van der Waals surface area contributed by atoms with Gasteiger partial charge in [-0.2, -0.15) is 5.10 Å². The zero-order chi connectivity index (χ0) is 17.2. The number of nitrogens with one attached hydrogen (secondary N) is 1. The van der Waals surface area contributed by atoms with Gasteiger partial charge in [0.25, 0.3) is 5.91 Å². The molecule has 0 saturated carbocycles. The fraction of sp³-hybridized carbons (Fsp3) is 0.0500. The van der Waals surface area contributed by atoms with Gasteiger partial charge < -0.3 is 5.32 Å². The zero-order valence-corrected chi connectivity index (χ0v) is 13.7. The summed E-state index contributed by atoms with van der Waals surface area (Å²) in [6, 6.07) is 19.4. The smallest absolute Gasteiger partial charge is 0.261 e. The van der Waals surface area contributed by atoms with Crippen molar-refractivity contribution in [2.75, 3.05) is 5.32 Å². The van der Waals surface area contributed by atoms with Crippen molar-refractivity contribution in [1.29, 1.82) is 0 Å². The molecule has 4 aromatic rings. The number of hydrogen-bond donors (Lipinski definition) is 1. The van der Waals surface area contributed by atoms with Crippen molar-refractivity contribution >= 4 is 17.2 Å². The first-order valence-corrected chi connectivity index (χ1v) is 7.98. The first-order valence-electron chi connectivity index (χ1n) is 7.98. The highest BCUT2D eigenvalue weighted by molar-refractivity contribution is 6.08. The second-order valence-corrected chi connectivity index (χ2v) is 5.81. The Hall–Kier alpha value is -3.47. The van der Waals surface area contributed by atoms with Crippen LogP contribution in [0.4, 0.5) is 5.69 Å². The summed E-state index contributed by atoms with van der Waals surface area (Å²) < 4.78 is 1.70. The minimum Gasteiger partial charge on any atom is -0.322 e. The number of amides is 1. The molecule has 25 heavy (non-hydrogen) atoms. The van der Waals surface area contributed by atoms with Crippen LogP contribution in [0.15, 0.2) is 73.1 Å². The minimum atomic E-state index is -0.227. The van der Waals surface area contributed by atoms with Gasteiger partial charge in [-0.3, -0.25) is 4.79 Å². The third kappa shape index (κ3) is 2.87. The summed E-state index contributed by atoms with van der Waals surface area (Å²) in [6.45, 7) is 2.05. The summed E-state index contributed by atoms with van der Waals surface area (Å²) in [4.78, 5) is 16.9. The van der Waals surface area contributed by atoms with Crippen LogP contribution >= 0.6 is 0 Å². The normalized spacial score (nSPS) is 10.8. The van der Waals surface area contributed by atoms with Gasteiger partial charge in [0, 0.05) is 17.4 Å². The molecule has 5 heteroatoms. The van der Waals surface area contributed by atoms with Gasteiger partial charge in [0.05, 0.1) is 11.9 Å². The molecule has 0 aliphatic carbocycles. The predicted octanol–water partition coefficient (Wildman–Crippen LogP) is 3.96. The van der Waals surface area contributed by atoms with Crippen molar-refractivity contribution in [3.8, 4) is 11.3 Å². The molecule has 0 aliphatic rings. The molecule has 2 aromatic heterocycles. The highest BCUT2D eigenvalue weighted by Gasteiger charge is 2.16. The number of carbonyl (C=O) groups excluding carboxylic acids is 1. The van der Waals surface area contributed by atoms with Gasteiger partial charge in [0.1, 0.15) is 5.56 Å². The fourth-order valence-electron chi connectivity index (χ4n) is 2.71. The van der Waals surface area contributed by atoms with Crippen LogP contribution in [0.5, 0.6) is 0 Å². The van der Waals surface area contributed by atoms with Crippen LogP contribution in [0.3, 0.4) is 0 Å². The third-order valence-corrected chi connectivity index (χ3v) is 4.02. The largest absolute Gasteiger partial charge is 0.322 e. The van der Waals surface area contributed by atoms with E-state index in [4.69, 9.17) is 0 Å². The molecule has 4 rings (SSSR count). The molecule has 0 radical (unpaired) electrons. The summed E-state index contributed by atoms with van der Waals surface area (Å²) >= 11 is 0. The summed E-state index contributed by atoms with van der Waals surface area (Å²) in [7, 11) is 0. The molecule has 1 N–H and O–H groups in total. The molecule has 0 unspecified atom stereocenters. The standard InChI is InChI=1S/C20H16N4O/c1-14-7-9-15(10-8-14)18-11-12-21-19-17(13-22-24(18)19)20(25)23-16-5-3-2-4-6-16/h2-13H,1H3,(H,23,25). The number of rotatable bonds is 3. The van der Waals surface area contributed by atoms with Gasteiger partial charge in [0.2, 0.25) is 0 Å². The Morgan fingerprint density at radius 2 is 1.76 bits per heavy atom. The highest BCUT2D eigenvalue weighted by Crippen LogP contribution is 2.22. The molecular formula is C20H16N4O. The molecule has 0 atom stereocenters. The second-order valence-electron chi connectivity index (χ2n) is 5.81. The topological polar surface area (TPSA) is 59.3 Å². The Kier molecular flexibility index (Phi) is 3.74. The van der Waals surface area contributed by atoms with E-state index in [9.17, 15) is 4.79 Å². The summed E-state index contributed by atoms with van der Waals surface area (Å²) in [5.41, 5.74) is 4.82. The quantitative estimate of drug-likeness (QED) is 0.619. The van der Waals surface area contributed by atoms with Gasteiger partial charge in [-0.1, -0.05) is 48.0 Å². The SMILES string of the molecule is Cc1ccc(-c2ccnc3c(C(=O)Nc4ccccc4)cnn23)cc1. The van der Waals surface area contributed by atoms with E-state index in [1.54, 1.807) is 16.9 Å². The number of nitrogens with zero attached hydrogens (tertiary/aromatic N) is 3. The Bertz CT molecular complexity index is 1040. The molecule has 2 heterocycles. The average molecular weight is 328 g/mol. The van der Waals surface area contributed by atoms with Crippen molar-refractivity contribution in [2.24, 2.45) is 0 Å². The van der Waals surface area contributed by atoms with Crippen LogP contribution in [-0.2, 0) is 0 Å². The molecule has 122 valence electrons. The van der Waals surface area contributed by atoms with Crippen LogP contribution < -0.4 is 5.32 Å². The number of para-hydroxylation sites is 1. The van der Waals surface area contributed by atoms with Crippen molar-refractivity contribution < 1.29 is 4.79 Å². The lowest BCUT2D eigenvalue weighted by Crippen LogP contribution is -2.12. The van der Waals surface area contributed by atoms with Crippen molar-refractivity contribution in [2.45, 2.75) is 6.92 Å². The van der Waals surface area contributed by atoms with Crippen LogP contribution in [-0.4, -0.2) is 20.5 Å². The molecule has 0 bridgehead atoms. The van der Waals surface area contributed by atoms with Gasteiger partial charge in [-0.25, -0.2) is 9.50 Å². The molecule has 2 aromatic carbocycles. The number of fused-ring (bicyclic) bond motifs is 1. The Morgan fingerprint density at radius 3 is 2.52 bits per heavy atom. The number of anilines is 1. The number of aromatic nitrogens is 3. The number of aryl methyl sites for hydroxylation is 1. The van der Waals surface area contributed by atoms with E-state index in [0.29, 0.717) is 11.2 Å². The Morgan fingerprint density at radius 1 is 1.00 bits per heavy atom. The van der Waals surface area contributed by atoms with Gasteiger partial charge >= 0.3 is 0 Å². The van der Waals surface area contributed by atoms with E-state index >= 15 is 0 Å². The molecule has 0 aliphatic heterocycles. The number of benzene rings is 2. The van der Waals surface area contributed by atoms with E-state index < -0.39 is 0 Å². The van der Waals surface area contributed by atoms with Crippen LogP contribution in [0, 0.1) is 6.92 Å².